The normalized spacial score (nSPS) is 16.5. The first-order valence-corrected chi connectivity index (χ1v) is 8.23. The van der Waals surface area contributed by atoms with Crippen LogP contribution in [0.25, 0.3) is 10.8 Å². The summed E-state index contributed by atoms with van der Waals surface area (Å²) < 4.78 is 0. The minimum Gasteiger partial charge on any atom is -0.323 e. The fourth-order valence-electron chi connectivity index (χ4n) is 3.06. The molecule has 0 bridgehead atoms. The minimum atomic E-state index is 0.111. The van der Waals surface area contributed by atoms with Crippen LogP contribution in [0.3, 0.4) is 0 Å². The molecule has 0 amide bonds. The molecule has 21 heavy (non-hydrogen) atoms. The highest BCUT2D eigenvalue weighted by Crippen LogP contribution is 2.30. The van der Waals surface area contributed by atoms with Crippen LogP contribution in [0.15, 0.2) is 42.5 Å². The van der Waals surface area contributed by atoms with Crippen molar-refractivity contribution in [3.63, 3.8) is 0 Å². The van der Waals surface area contributed by atoms with Crippen LogP contribution in [-0.4, -0.2) is 24.5 Å². The quantitative estimate of drug-likeness (QED) is 0.833. The lowest BCUT2D eigenvalue weighted by molar-refractivity contribution is 0.248. The van der Waals surface area contributed by atoms with Crippen molar-refractivity contribution in [3.05, 3.63) is 48.0 Å². The fourth-order valence-corrected chi connectivity index (χ4v) is 3.06. The highest BCUT2D eigenvalue weighted by molar-refractivity contribution is 5.83. The molecule has 0 aliphatic heterocycles. The van der Waals surface area contributed by atoms with Crippen LogP contribution in [0.2, 0.25) is 0 Å². The Morgan fingerprint density at radius 1 is 1.14 bits per heavy atom. The lowest BCUT2D eigenvalue weighted by Gasteiger charge is -2.25. The first kappa shape index (κ1) is 14.6. The number of nitrogens with zero attached hydrogens (tertiary/aromatic N) is 1. The third-order valence-electron chi connectivity index (χ3n) is 4.41. The summed E-state index contributed by atoms with van der Waals surface area (Å²) in [6.45, 7) is 5.62. The molecule has 3 rings (SSSR count). The largest absolute Gasteiger partial charge is 0.323 e. The van der Waals surface area contributed by atoms with E-state index in [0.29, 0.717) is 0 Å². The van der Waals surface area contributed by atoms with Gasteiger partial charge >= 0.3 is 0 Å². The molecule has 2 N–H and O–H groups in total. The zero-order valence-corrected chi connectivity index (χ0v) is 13.0. The molecule has 2 aromatic rings. The number of fused-ring (bicyclic) bond motifs is 1. The third-order valence-corrected chi connectivity index (χ3v) is 4.41. The summed E-state index contributed by atoms with van der Waals surface area (Å²) in [5, 5.41) is 2.58. The van der Waals surface area contributed by atoms with E-state index in [4.69, 9.17) is 5.73 Å². The molecule has 0 radical (unpaired) electrons. The van der Waals surface area contributed by atoms with Crippen molar-refractivity contribution in [2.45, 2.75) is 32.2 Å². The Balaban J connectivity index is 1.70. The van der Waals surface area contributed by atoms with E-state index in [1.54, 1.807) is 0 Å². The summed E-state index contributed by atoms with van der Waals surface area (Å²) in [5.41, 5.74) is 7.73. The Morgan fingerprint density at radius 3 is 2.62 bits per heavy atom. The summed E-state index contributed by atoms with van der Waals surface area (Å²) in [4.78, 5) is 2.55. The summed E-state index contributed by atoms with van der Waals surface area (Å²) in [7, 11) is 0. The Bertz CT molecular complexity index is 589. The standard InChI is InChI=1S/C19H26N2/c1-2-11-21(13-15-7-8-15)14-19(20)18-10-9-16-5-3-4-6-17(16)12-18/h3-6,9-10,12,15,19H,2,7-8,11,13-14,20H2,1H3. The number of nitrogens with two attached hydrogens (primary N) is 1. The zero-order valence-electron chi connectivity index (χ0n) is 13.0. The molecule has 1 atom stereocenters. The molecule has 2 aromatic carbocycles. The van der Waals surface area contributed by atoms with Gasteiger partial charge < -0.3 is 10.6 Å². The van der Waals surface area contributed by atoms with Crippen molar-refractivity contribution >= 4 is 10.8 Å². The van der Waals surface area contributed by atoms with Crippen molar-refractivity contribution in [3.8, 4) is 0 Å². The number of rotatable bonds is 7. The van der Waals surface area contributed by atoms with Gasteiger partial charge in [-0.1, -0.05) is 43.3 Å². The molecule has 1 aliphatic rings. The van der Waals surface area contributed by atoms with Crippen LogP contribution in [0.4, 0.5) is 0 Å². The molecule has 112 valence electrons. The maximum Gasteiger partial charge on any atom is 0.0424 e. The van der Waals surface area contributed by atoms with E-state index < -0.39 is 0 Å². The second-order valence-corrected chi connectivity index (χ2v) is 6.42. The van der Waals surface area contributed by atoms with Gasteiger partial charge in [-0.15, -0.1) is 0 Å². The molecular weight excluding hydrogens is 256 g/mol. The molecule has 1 unspecified atom stereocenters. The van der Waals surface area contributed by atoms with Crippen LogP contribution < -0.4 is 5.73 Å². The van der Waals surface area contributed by atoms with Crippen molar-refractivity contribution in [1.82, 2.24) is 4.90 Å². The predicted molar refractivity (Wildman–Crippen MR) is 90.3 cm³/mol. The topological polar surface area (TPSA) is 29.3 Å². The Kier molecular flexibility index (Phi) is 4.57. The van der Waals surface area contributed by atoms with Gasteiger partial charge in [0.1, 0.15) is 0 Å². The van der Waals surface area contributed by atoms with Gasteiger partial charge in [0.2, 0.25) is 0 Å². The van der Waals surface area contributed by atoms with Crippen LogP contribution >= 0.6 is 0 Å². The van der Waals surface area contributed by atoms with Gasteiger partial charge in [-0.05, 0) is 54.1 Å². The second-order valence-electron chi connectivity index (χ2n) is 6.42. The maximum atomic E-state index is 6.47. The van der Waals surface area contributed by atoms with Gasteiger partial charge in [-0.2, -0.15) is 0 Å². The third kappa shape index (κ3) is 3.84. The van der Waals surface area contributed by atoms with Crippen LogP contribution in [0, 0.1) is 5.92 Å². The van der Waals surface area contributed by atoms with Gasteiger partial charge in [-0.25, -0.2) is 0 Å². The molecule has 0 heterocycles. The van der Waals surface area contributed by atoms with Crippen LogP contribution in [0.1, 0.15) is 37.8 Å². The van der Waals surface area contributed by atoms with Crippen molar-refractivity contribution in [2.75, 3.05) is 19.6 Å². The predicted octanol–water partition coefficient (Wildman–Crippen LogP) is 3.96. The zero-order chi connectivity index (χ0) is 14.7. The summed E-state index contributed by atoms with van der Waals surface area (Å²) in [6, 6.07) is 15.2. The van der Waals surface area contributed by atoms with Crippen LogP contribution in [0.5, 0.6) is 0 Å². The highest BCUT2D eigenvalue weighted by atomic mass is 15.1. The first-order chi connectivity index (χ1) is 10.3. The molecule has 1 fully saturated rings. The van der Waals surface area contributed by atoms with E-state index in [2.05, 4.69) is 54.3 Å². The van der Waals surface area contributed by atoms with E-state index in [-0.39, 0.29) is 6.04 Å². The molecule has 0 aromatic heterocycles. The van der Waals surface area contributed by atoms with E-state index in [0.717, 1.165) is 19.0 Å². The van der Waals surface area contributed by atoms with Gasteiger partial charge in [-0.3, -0.25) is 0 Å². The van der Waals surface area contributed by atoms with E-state index >= 15 is 0 Å². The average Bonchev–Trinajstić information content (AvgIpc) is 3.31. The molecule has 0 spiro atoms. The number of hydrogen-bond donors (Lipinski definition) is 1. The molecule has 2 heteroatoms. The van der Waals surface area contributed by atoms with Crippen molar-refractivity contribution in [2.24, 2.45) is 11.7 Å². The average molecular weight is 282 g/mol. The van der Waals surface area contributed by atoms with Gasteiger partial charge in [0.25, 0.3) is 0 Å². The lowest BCUT2D eigenvalue weighted by atomic mass is 10.0. The van der Waals surface area contributed by atoms with E-state index in [9.17, 15) is 0 Å². The molecule has 0 saturated heterocycles. The van der Waals surface area contributed by atoms with Gasteiger partial charge in [0, 0.05) is 19.1 Å². The second kappa shape index (κ2) is 6.59. The number of benzene rings is 2. The van der Waals surface area contributed by atoms with E-state index in [1.165, 1.54) is 42.1 Å². The SMILES string of the molecule is CCCN(CC1CC1)CC(N)c1ccc2ccccc2c1. The Hall–Kier alpha value is -1.38. The van der Waals surface area contributed by atoms with Gasteiger partial charge in [0.05, 0.1) is 0 Å². The minimum absolute atomic E-state index is 0.111. The maximum absolute atomic E-state index is 6.47. The summed E-state index contributed by atoms with van der Waals surface area (Å²) >= 11 is 0. The Labute approximate surface area is 127 Å². The molecule has 2 nitrogen and oxygen atoms in total. The summed E-state index contributed by atoms with van der Waals surface area (Å²) in [6.07, 6.45) is 4.02. The first-order valence-electron chi connectivity index (χ1n) is 8.23. The monoisotopic (exact) mass is 282 g/mol. The summed E-state index contributed by atoms with van der Waals surface area (Å²) in [5.74, 6) is 0.931. The molecule has 1 aliphatic carbocycles. The highest BCUT2D eigenvalue weighted by Gasteiger charge is 2.24. The fraction of sp³-hybridized carbons (Fsp3) is 0.474. The number of hydrogen-bond acceptors (Lipinski definition) is 2. The Morgan fingerprint density at radius 2 is 1.90 bits per heavy atom. The molecule has 1 saturated carbocycles. The van der Waals surface area contributed by atoms with Gasteiger partial charge in [0.15, 0.2) is 0 Å². The van der Waals surface area contributed by atoms with Crippen molar-refractivity contribution in [1.29, 1.82) is 0 Å². The van der Waals surface area contributed by atoms with Crippen LogP contribution in [-0.2, 0) is 0 Å². The molecular formula is C19H26N2. The lowest BCUT2D eigenvalue weighted by Crippen LogP contribution is -2.34. The smallest absolute Gasteiger partial charge is 0.0424 e. The van der Waals surface area contributed by atoms with E-state index in [1.807, 2.05) is 0 Å². The van der Waals surface area contributed by atoms with Crippen molar-refractivity contribution < 1.29 is 0 Å².